The Labute approximate surface area is 193 Å². The molecule has 1 aliphatic heterocycles. The molecule has 0 atom stereocenters. The molecule has 0 N–H and O–H groups in total. The fourth-order valence-electron chi connectivity index (χ4n) is 4.05. The molecule has 0 spiro atoms. The van der Waals surface area contributed by atoms with Gasteiger partial charge in [0.2, 0.25) is 10.0 Å². The van der Waals surface area contributed by atoms with E-state index in [2.05, 4.69) is 6.07 Å². The van der Waals surface area contributed by atoms with Crippen molar-refractivity contribution in [2.24, 2.45) is 0 Å². The van der Waals surface area contributed by atoms with Crippen LogP contribution in [-0.2, 0) is 29.5 Å². The second-order valence-corrected chi connectivity index (χ2v) is 9.92. The van der Waals surface area contributed by atoms with Crippen molar-refractivity contribution in [3.05, 3.63) is 94.8 Å². The number of sulfonamides is 1. The number of anilines is 1. The molecular formula is C25H25FN2O4S. The number of carbonyl (C=O) groups is 1. The quantitative estimate of drug-likeness (QED) is 0.549. The van der Waals surface area contributed by atoms with Crippen LogP contribution in [0.15, 0.2) is 66.7 Å². The van der Waals surface area contributed by atoms with Gasteiger partial charge in [-0.1, -0.05) is 24.3 Å². The number of rotatable bonds is 6. The van der Waals surface area contributed by atoms with Crippen LogP contribution in [0.1, 0.15) is 27.0 Å². The fraction of sp³-hybridized carbons (Fsp3) is 0.240. The van der Waals surface area contributed by atoms with Crippen molar-refractivity contribution in [2.75, 3.05) is 24.2 Å². The normalized spacial score (nSPS) is 13.4. The molecule has 1 aliphatic rings. The number of fused-ring (bicyclic) bond motifs is 1. The van der Waals surface area contributed by atoms with E-state index in [0.29, 0.717) is 35.7 Å². The molecule has 1 amide bonds. The van der Waals surface area contributed by atoms with Gasteiger partial charge in [-0.3, -0.25) is 9.10 Å². The Hall–Kier alpha value is -3.39. The Morgan fingerprint density at radius 1 is 1.06 bits per heavy atom. The van der Waals surface area contributed by atoms with Gasteiger partial charge in [0.05, 0.1) is 25.6 Å². The molecule has 0 aliphatic carbocycles. The average Bonchev–Trinajstić information content (AvgIpc) is 2.81. The first-order valence-electron chi connectivity index (χ1n) is 10.5. The summed E-state index contributed by atoms with van der Waals surface area (Å²) in [6.07, 6.45) is 1.88. The minimum Gasteiger partial charge on any atom is -0.496 e. The van der Waals surface area contributed by atoms with Crippen LogP contribution in [0.25, 0.3) is 0 Å². The third kappa shape index (κ3) is 5.01. The Kier molecular flexibility index (Phi) is 6.37. The van der Waals surface area contributed by atoms with E-state index in [1.807, 2.05) is 18.2 Å². The van der Waals surface area contributed by atoms with E-state index in [-0.39, 0.29) is 12.5 Å². The number of nitrogens with zero attached hydrogens (tertiary/aromatic N) is 2. The summed E-state index contributed by atoms with van der Waals surface area (Å²) in [4.78, 5) is 15.1. The molecule has 3 aromatic carbocycles. The number of halogens is 1. The molecule has 0 aromatic heterocycles. The van der Waals surface area contributed by atoms with Crippen LogP contribution >= 0.6 is 0 Å². The second kappa shape index (κ2) is 9.23. The van der Waals surface area contributed by atoms with Crippen LogP contribution < -0.4 is 9.04 Å². The molecule has 0 saturated heterocycles. The molecule has 0 bridgehead atoms. The van der Waals surface area contributed by atoms with E-state index in [0.717, 1.165) is 22.5 Å². The Balaban J connectivity index is 1.64. The lowest BCUT2D eigenvalue weighted by molar-refractivity contribution is 0.0734. The molecular weight excluding hydrogens is 443 g/mol. The van der Waals surface area contributed by atoms with Crippen LogP contribution in [-0.4, -0.2) is 39.1 Å². The van der Waals surface area contributed by atoms with Gasteiger partial charge in [0.15, 0.2) is 0 Å². The fourth-order valence-corrected chi connectivity index (χ4v) is 4.93. The molecule has 1 heterocycles. The minimum atomic E-state index is -3.68. The SMILES string of the molecule is COc1ccc(C(=O)N2CCc3ccccc3C2)cc1CN(c1ccc(F)cc1)S(C)(=O)=O. The van der Waals surface area contributed by atoms with Gasteiger partial charge >= 0.3 is 0 Å². The maximum atomic E-state index is 13.4. The summed E-state index contributed by atoms with van der Waals surface area (Å²) in [5.74, 6) is -0.118. The molecule has 4 rings (SSSR count). The highest BCUT2D eigenvalue weighted by molar-refractivity contribution is 7.92. The van der Waals surface area contributed by atoms with Crippen molar-refractivity contribution in [1.82, 2.24) is 4.90 Å². The summed E-state index contributed by atoms with van der Waals surface area (Å²) in [5.41, 5.74) is 3.70. The van der Waals surface area contributed by atoms with Gasteiger partial charge in [0.1, 0.15) is 11.6 Å². The van der Waals surface area contributed by atoms with E-state index >= 15 is 0 Å². The highest BCUT2D eigenvalue weighted by Crippen LogP contribution is 2.28. The monoisotopic (exact) mass is 468 g/mol. The smallest absolute Gasteiger partial charge is 0.254 e. The molecule has 172 valence electrons. The lowest BCUT2D eigenvalue weighted by atomic mass is 9.99. The number of hydrogen-bond donors (Lipinski definition) is 0. The van der Waals surface area contributed by atoms with Gasteiger partial charge in [0.25, 0.3) is 5.91 Å². The first-order valence-corrected chi connectivity index (χ1v) is 12.4. The van der Waals surface area contributed by atoms with Gasteiger partial charge in [0, 0.05) is 24.2 Å². The third-order valence-electron chi connectivity index (χ3n) is 5.77. The van der Waals surface area contributed by atoms with Crippen molar-refractivity contribution in [3.63, 3.8) is 0 Å². The zero-order valence-electron chi connectivity index (χ0n) is 18.5. The maximum absolute atomic E-state index is 13.4. The molecule has 33 heavy (non-hydrogen) atoms. The molecule has 0 fully saturated rings. The van der Waals surface area contributed by atoms with Gasteiger partial charge in [-0.15, -0.1) is 0 Å². The Morgan fingerprint density at radius 2 is 1.76 bits per heavy atom. The average molecular weight is 469 g/mol. The van der Waals surface area contributed by atoms with E-state index in [1.54, 1.807) is 23.1 Å². The van der Waals surface area contributed by atoms with Gasteiger partial charge in [-0.2, -0.15) is 0 Å². The first kappa shape index (κ1) is 22.8. The number of hydrogen-bond acceptors (Lipinski definition) is 4. The predicted molar refractivity (Wildman–Crippen MR) is 125 cm³/mol. The van der Waals surface area contributed by atoms with Gasteiger partial charge in [-0.25, -0.2) is 12.8 Å². The highest BCUT2D eigenvalue weighted by atomic mass is 32.2. The summed E-state index contributed by atoms with van der Waals surface area (Å²) in [6.45, 7) is 1.08. The van der Waals surface area contributed by atoms with E-state index < -0.39 is 15.8 Å². The zero-order chi connectivity index (χ0) is 23.6. The number of carbonyl (C=O) groups excluding carboxylic acids is 1. The lowest BCUT2D eigenvalue weighted by Crippen LogP contribution is -2.36. The summed E-state index contributed by atoms with van der Waals surface area (Å²) >= 11 is 0. The molecule has 0 unspecified atom stereocenters. The van der Waals surface area contributed by atoms with Crippen LogP contribution in [0, 0.1) is 5.82 Å². The van der Waals surface area contributed by atoms with Crippen LogP contribution in [0.4, 0.5) is 10.1 Å². The Morgan fingerprint density at radius 3 is 2.42 bits per heavy atom. The van der Waals surface area contributed by atoms with Crippen molar-refractivity contribution < 1.29 is 22.3 Å². The lowest BCUT2D eigenvalue weighted by Gasteiger charge is -2.29. The Bertz CT molecular complexity index is 1280. The first-order chi connectivity index (χ1) is 15.8. The predicted octanol–water partition coefficient (Wildman–Crippen LogP) is 4.00. The number of ether oxygens (including phenoxy) is 1. The van der Waals surface area contributed by atoms with Crippen LogP contribution in [0.3, 0.4) is 0 Å². The van der Waals surface area contributed by atoms with E-state index in [9.17, 15) is 17.6 Å². The number of amides is 1. The van der Waals surface area contributed by atoms with Crippen LogP contribution in [0.2, 0.25) is 0 Å². The number of methoxy groups -OCH3 is 1. The van der Waals surface area contributed by atoms with Crippen LogP contribution in [0.5, 0.6) is 5.75 Å². The van der Waals surface area contributed by atoms with Crippen molar-refractivity contribution in [3.8, 4) is 5.75 Å². The largest absolute Gasteiger partial charge is 0.496 e. The van der Waals surface area contributed by atoms with Crippen molar-refractivity contribution >= 4 is 21.6 Å². The van der Waals surface area contributed by atoms with Gasteiger partial charge in [-0.05, 0) is 60.0 Å². The summed E-state index contributed by atoms with van der Waals surface area (Å²) in [7, 11) is -2.19. The summed E-state index contributed by atoms with van der Waals surface area (Å²) in [5, 5.41) is 0. The minimum absolute atomic E-state index is 0.0579. The van der Waals surface area contributed by atoms with Crippen molar-refractivity contribution in [2.45, 2.75) is 19.5 Å². The molecule has 3 aromatic rings. The third-order valence-corrected chi connectivity index (χ3v) is 6.91. The molecule has 0 saturated carbocycles. The molecule has 6 nitrogen and oxygen atoms in total. The maximum Gasteiger partial charge on any atom is 0.254 e. The topological polar surface area (TPSA) is 66.9 Å². The zero-order valence-corrected chi connectivity index (χ0v) is 19.3. The highest BCUT2D eigenvalue weighted by Gasteiger charge is 2.24. The van der Waals surface area contributed by atoms with Gasteiger partial charge < -0.3 is 9.64 Å². The standard InChI is InChI=1S/C25H25FN2O4S/c1-32-24-12-7-19(25(29)27-14-13-18-5-3-4-6-20(18)16-27)15-21(24)17-28(33(2,30)31)23-10-8-22(26)9-11-23/h3-12,15H,13-14,16-17H2,1-2H3. The summed E-state index contributed by atoms with van der Waals surface area (Å²) < 4.78 is 45.0. The van der Waals surface area contributed by atoms with Crippen molar-refractivity contribution in [1.29, 1.82) is 0 Å². The summed E-state index contributed by atoms with van der Waals surface area (Å²) in [6, 6.07) is 18.3. The molecule has 8 heteroatoms. The molecule has 0 radical (unpaired) electrons. The second-order valence-electron chi connectivity index (χ2n) is 8.02. The van der Waals surface area contributed by atoms with E-state index in [4.69, 9.17) is 4.74 Å². The number of benzene rings is 3. The van der Waals surface area contributed by atoms with E-state index in [1.165, 1.54) is 36.9 Å².